The fourth-order valence-corrected chi connectivity index (χ4v) is 9.34. The highest BCUT2D eigenvalue weighted by Crippen LogP contribution is 2.62. The van der Waals surface area contributed by atoms with Crippen molar-refractivity contribution in [1.82, 2.24) is 19.9 Å². The molecule has 0 fully saturated rings. The van der Waals surface area contributed by atoms with E-state index in [1.54, 1.807) is 6.20 Å². The van der Waals surface area contributed by atoms with Crippen molar-refractivity contribution in [3.63, 3.8) is 0 Å². The van der Waals surface area contributed by atoms with E-state index in [4.69, 9.17) is 24.4 Å². The summed E-state index contributed by atoms with van der Waals surface area (Å²) in [6, 6.07) is 73.0. The molecule has 0 spiro atoms. The first kappa shape index (κ1) is 36.4. The van der Waals surface area contributed by atoms with Crippen LogP contribution in [0.4, 0.5) is 0 Å². The monoisotopic (exact) mass is 808 g/mol. The molecule has 0 amide bonds. The number of hydrogen-bond acceptors (Lipinski definition) is 6. The number of pyridine rings is 1. The van der Waals surface area contributed by atoms with Gasteiger partial charge in [-0.2, -0.15) is 0 Å². The first-order valence-corrected chi connectivity index (χ1v) is 21.0. The number of rotatable bonds is 7. The van der Waals surface area contributed by atoms with Gasteiger partial charge < -0.3 is 9.47 Å². The van der Waals surface area contributed by atoms with Crippen molar-refractivity contribution in [3.05, 3.63) is 241 Å². The van der Waals surface area contributed by atoms with Gasteiger partial charge in [-0.15, -0.1) is 0 Å². The predicted molar refractivity (Wildman–Crippen MR) is 249 cm³/mol. The molecule has 6 heteroatoms. The van der Waals surface area contributed by atoms with Gasteiger partial charge in [0.15, 0.2) is 40.5 Å². The third-order valence-electron chi connectivity index (χ3n) is 12.1. The number of fused-ring (bicyclic) bond motifs is 6. The Morgan fingerprint density at radius 2 is 0.889 bits per heavy atom. The van der Waals surface area contributed by atoms with E-state index in [1.165, 1.54) is 16.7 Å². The first-order valence-electron chi connectivity index (χ1n) is 21.0. The molecule has 296 valence electrons. The lowest BCUT2D eigenvalue weighted by molar-refractivity contribution is 0.361. The van der Waals surface area contributed by atoms with E-state index >= 15 is 0 Å². The molecule has 2 aromatic heterocycles. The standard InChI is InChI=1S/C57H36N4O2/c1-4-17-37(18-5-1)54-59-55(61-56(60-54)41-22-15-20-39(36-41)48-30-12-13-34-58-48)40-21-14-19-38(35-40)44-28-16-31-49-52(44)63-53-50(62-49)33-32-47-51(53)45-27-10-11-29-46(45)57(47,42-23-6-2-7-24-42)43-25-8-3-9-26-43/h1-36H. The Bertz CT molecular complexity index is 3300. The summed E-state index contributed by atoms with van der Waals surface area (Å²) in [5, 5.41) is 0. The zero-order chi connectivity index (χ0) is 41.7. The van der Waals surface area contributed by atoms with Crippen molar-refractivity contribution in [2.75, 3.05) is 0 Å². The maximum atomic E-state index is 7.20. The molecule has 0 atom stereocenters. The molecule has 3 heterocycles. The number of para-hydroxylation sites is 1. The molecule has 0 saturated carbocycles. The highest BCUT2D eigenvalue weighted by molar-refractivity contribution is 5.92. The van der Waals surface area contributed by atoms with Crippen LogP contribution in [0, 0.1) is 0 Å². The minimum atomic E-state index is -0.567. The molecule has 12 rings (SSSR count). The number of ether oxygens (including phenoxy) is 2. The van der Waals surface area contributed by atoms with Gasteiger partial charge in [0.25, 0.3) is 0 Å². The van der Waals surface area contributed by atoms with Crippen LogP contribution in [0.25, 0.3) is 67.7 Å². The largest absolute Gasteiger partial charge is 0.449 e. The van der Waals surface area contributed by atoms with Crippen molar-refractivity contribution >= 4 is 0 Å². The SMILES string of the molecule is c1ccc(-c2nc(-c3cccc(-c4ccccn4)c3)nc(-c3cccc(-c4cccc5c4Oc4c(ccc6c4-c4ccccc4C6(c4ccccc4)c4ccccc4)O5)c3)n2)cc1. The van der Waals surface area contributed by atoms with Crippen LogP contribution >= 0.6 is 0 Å². The third-order valence-corrected chi connectivity index (χ3v) is 12.1. The van der Waals surface area contributed by atoms with Gasteiger partial charge >= 0.3 is 0 Å². The Balaban J connectivity index is 0.982. The van der Waals surface area contributed by atoms with Crippen LogP contribution < -0.4 is 9.47 Å². The Kier molecular flexibility index (Phi) is 8.61. The average molecular weight is 809 g/mol. The highest BCUT2D eigenvalue weighted by atomic mass is 16.6. The van der Waals surface area contributed by atoms with Crippen LogP contribution in [-0.2, 0) is 5.41 Å². The number of nitrogens with zero attached hydrogens (tertiary/aromatic N) is 4. The summed E-state index contributed by atoms with van der Waals surface area (Å²) >= 11 is 0. The van der Waals surface area contributed by atoms with Crippen LogP contribution in [0.1, 0.15) is 22.3 Å². The smallest absolute Gasteiger partial charge is 0.178 e. The van der Waals surface area contributed by atoms with E-state index in [0.717, 1.165) is 55.8 Å². The molecule has 8 aromatic carbocycles. The molecule has 0 bridgehead atoms. The summed E-state index contributed by atoms with van der Waals surface area (Å²) in [7, 11) is 0. The molecule has 6 nitrogen and oxygen atoms in total. The lowest BCUT2D eigenvalue weighted by atomic mass is 9.68. The molecule has 1 aliphatic heterocycles. The van der Waals surface area contributed by atoms with E-state index in [9.17, 15) is 0 Å². The Hall–Kier alpha value is -8.48. The highest BCUT2D eigenvalue weighted by Gasteiger charge is 2.48. The molecular formula is C57H36N4O2. The van der Waals surface area contributed by atoms with Gasteiger partial charge in [-0.05, 0) is 69.8 Å². The molecule has 10 aromatic rings. The minimum absolute atomic E-state index is 0.559. The minimum Gasteiger partial charge on any atom is -0.449 e. The molecule has 63 heavy (non-hydrogen) atoms. The number of benzene rings is 8. The summed E-state index contributed by atoms with van der Waals surface area (Å²) < 4.78 is 14.0. The Morgan fingerprint density at radius 3 is 1.59 bits per heavy atom. The van der Waals surface area contributed by atoms with Crippen molar-refractivity contribution in [1.29, 1.82) is 0 Å². The second-order valence-electron chi connectivity index (χ2n) is 15.7. The summed E-state index contributed by atoms with van der Waals surface area (Å²) in [6.07, 6.45) is 1.80. The fraction of sp³-hybridized carbons (Fsp3) is 0.0175. The number of hydrogen-bond donors (Lipinski definition) is 0. The topological polar surface area (TPSA) is 70.0 Å². The molecule has 0 N–H and O–H groups in total. The molecule has 0 radical (unpaired) electrons. The summed E-state index contributed by atoms with van der Waals surface area (Å²) in [5.41, 5.74) is 12.6. The maximum absolute atomic E-state index is 7.20. The second-order valence-corrected chi connectivity index (χ2v) is 15.7. The van der Waals surface area contributed by atoms with Crippen LogP contribution in [0.5, 0.6) is 23.0 Å². The average Bonchev–Trinajstić information content (AvgIpc) is 3.68. The maximum Gasteiger partial charge on any atom is 0.178 e. The van der Waals surface area contributed by atoms with E-state index in [1.807, 2.05) is 84.9 Å². The number of aromatic nitrogens is 4. The molecule has 0 saturated heterocycles. The van der Waals surface area contributed by atoms with Gasteiger partial charge in [-0.3, -0.25) is 4.98 Å². The summed E-state index contributed by atoms with van der Waals surface area (Å²) in [4.78, 5) is 19.8. The quantitative estimate of drug-likeness (QED) is 0.160. The van der Waals surface area contributed by atoms with Crippen molar-refractivity contribution < 1.29 is 9.47 Å². The van der Waals surface area contributed by atoms with Crippen LogP contribution in [-0.4, -0.2) is 19.9 Å². The van der Waals surface area contributed by atoms with Crippen LogP contribution in [0.15, 0.2) is 219 Å². The van der Waals surface area contributed by atoms with Gasteiger partial charge in [0, 0.05) is 39.6 Å². The van der Waals surface area contributed by atoms with Crippen molar-refractivity contribution in [2.24, 2.45) is 0 Å². The molecule has 1 aliphatic carbocycles. The predicted octanol–water partition coefficient (Wildman–Crippen LogP) is 13.9. The molecule has 2 aliphatic rings. The van der Waals surface area contributed by atoms with E-state index < -0.39 is 5.41 Å². The van der Waals surface area contributed by atoms with Gasteiger partial charge in [0.1, 0.15) is 0 Å². The third kappa shape index (κ3) is 6.03. The van der Waals surface area contributed by atoms with Gasteiger partial charge in [0.05, 0.1) is 11.1 Å². The molecule has 0 unspecified atom stereocenters. The van der Waals surface area contributed by atoms with Crippen LogP contribution in [0.3, 0.4) is 0 Å². The normalized spacial score (nSPS) is 12.8. The zero-order valence-corrected chi connectivity index (χ0v) is 33.9. The van der Waals surface area contributed by atoms with E-state index in [0.29, 0.717) is 40.5 Å². The fourth-order valence-electron chi connectivity index (χ4n) is 9.34. The van der Waals surface area contributed by atoms with E-state index in [-0.39, 0.29) is 0 Å². The van der Waals surface area contributed by atoms with Crippen LogP contribution in [0.2, 0.25) is 0 Å². The van der Waals surface area contributed by atoms with Crippen molar-refractivity contribution in [2.45, 2.75) is 5.41 Å². The Labute approximate surface area is 364 Å². The van der Waals surface area contributed by atoms with Gasteiger partial charge in [0.2, 0.25) is 0 Å². The lowest BCUT2D eigenvalue weighted by Gasteiger charge is -2.34. The summed E-state index contributed by atoms with van der Waals surface area (Å²) in [6.45, 7) is 0. The summed E-state index contributed by atoms with van der Waals surface area (Å²) in [5.74, 6) is 4.40. The first-order chi connectivity index (χ1) is 31.2. The Morgan fingerprint density at radius 1 is 0.349 bits per heavy atom. The van der Waals surface area contributed by atoms with E-state index in [2.05, 4.69) is 132 Å². The zero-order valence-electron chi connectivity index (χ0n) is 33.9. The van der Waals surface area contributed by atoms with Crippen molar-refractivity contribution in [3.8, 4) is 90.7 Å². The molecular weight excluding hydrogens is 773 g/mol. The lowest BCUT2D eigenvalue weighted by Crippen LogP contribution is -2.28. The second kappa shape index (κ2) is 14.9. The van der Waals surface area contributed by atoms with Gasteiger partial charge in [-0.1, -0.05) is 176 Å². The van der Waals surface area contributed by atoms with Gasteiger partial charge in [-0.25, -0.2) is 15.0 Å².